The van der Waals surface area contributed by atoms with E-state index in [1.165, 1.54) is 5.56 Å². The van der Waals surface area contributed by atoms with Crippen LogP contribution in [0.4, 0.5) is 0 Å². The molecular weight excluding hydrogens is 206 g/mol. The van der Waals surface area contributed by atoms with E-state index in [4.69, 9.17) is 0 Å². The molecule has 0 spiro atoms. The monoisotopic (exact) mass is 223 g/mol. The first-order valence-electron chi connectivity index (χ1n) is 5.16. The fourth-order valence-electron chi connectivity index (χ4n) is 1.10. The third-order valence-corrected chi connectivity index (χ3v) is 3.27. The Labute approximate surface area is 95.0 Å². The van der Waals surface area contributed by atoms with Crippen LogP contribution >= 0.6 is 11.3 Å². The van der Waals surface area contributed by atoms with E-state index in [-0.39, 0.29) is 11.9 Å². The molecule has 0 fully saturated rings. The minimum absolute atomic E-state index is 0.0165. The van der Waals surface area contributed by atoms with Gasteiger partial charge in [-0.25, -0.2) is 0 Å². The summed E-state index contributed by atoms with van der Waals surface area (Å²) in [6.07, 6.45) is 4.43. The summed E-state index contributed by atoms with van der Waals surface area (Å²) < 4.78 is 0. The minimum atomic E-state index is -0.0165. The molecule has 82 valence electrons. The molecule has 1 rings (SSSR count). The van der Waals surface area contributed by atoms with Gasteiger partial charge < -0.3 is 5.32 Å². The van der Waals surface area contributed by atoms with Gasteiger partial charge in [-0.15, -0.1) is 11.3 Å². The van der Waals surface area contributed by atoms with Gasteiger partial charge in [0.05, 0.1) is 0 Å². The van der Waals surface area contributed by atoms with Crippen LogP contribution in [0.1, 0.15) is 30.7 Å². The zero-order valence-corrected chi connectivity index (χ0v) is 10.2. The average Bonchev–Trinajstić information content (AvgIpc) is 2.61. The van der Waals surface area contributed by atoms with Gasteiger partial charge in [0.25, 0.3) is 0 Å². The largest absolute Gasteiger partial charge is 0.350 e. The van der Waals surface area contributed by atoms with Crippen LogP contribution in [0.3, 0.4) is 0 Å². The van der Waals surface area contributed by atoms with Crippen molar-refractivity contribution in [3.63, 3.8) is 0 Å². The molecule has 0 aliphatic heterocycles. The molecule has 3 heteroatoms. The van der Waals surface area contributed by atoms with Gasteiger partial charge in [0.2, 0.25) is 5.91 Å². The van der Waals surface area contributed by atoms with Crippen molar-refractivity contribution in [3.8, 4) is 0 Å². The molecule has 1 heterocycles. The van der Waals surface area contributed by atoms with Crippen molar-refractivity contribution < 1.29 is 4.79 Å². The Morgan fingerprint density at radius 2 is 2.40 bits per heavy atom. The number of amides is 1. The topological polar surface area (TPSA) is 29.1 Å². The fraction of sp³-hybridized carbons (Fsp3) is 0.417. The van der Waals surface area contributed by atoms with Gasteiger partial charge in [-0.05, 0) is 43.4 Å². The lowest BCUT2D eigenvalue weighted by Crippen LogP contribution is -2.30. The molecule has 0 radical (unpaired) electrons. The smallest absolute Gasteiger partial charge is 0.244 e. The van der Waals surface area contributed by atoms with Gasteiger partial charge in [-0.2, -0.15) is 0 Å². The molecule has 1 aromatic heterocycles. The summed E-state index contributed by atoms with van der Waals surface area (Å²) in [6, 6.07) is 2.29. The average molecular weight is 223 g/mol. The maximum absolute atomic E-state index is 11.4. The molecule has 2 nitrogen and oxygen atoms in total. The summed E-state index contributed by atoms with van der Waals surface area (Å²) >= 11 is 1.65. The first-order valence-corrected chi connectivity index (χ1v) is 6.04. The summed E-state index contributed by atoms with van der Waals surface area (Å²) in [6.45, 7) is 6.10. The maximum atomic E-state index is 11.4. The van der Waals surface area contributed by atoms with E-state index in [2.05, 4.69) is 18.3 Å². The van der Waals surface area contributed by atoms with Crippen molar-refractivity contribution in [1.29, 1.82) is 0 Å². The van der Waals surface area contributed by atoms with Crippen molar-refractivity contribution in [2.45, 2.75) is 33.2 Å². The van der Waals surface area contributed by atoms with Crippen LogP contribution < -0.4 is 5.32 Å². The second-order valence-corrected chi connectivity index (χ2v) is 4.57. The Bertz CT molecular complexity index is 354. The third-order valence-electron chi connectivity index (χ3n) is 2.29. The molecule has 0 bridgehead atoms. The molecule has 0 aliphatic carbocycles. The molecule has 1 aromatic rings. The second kappa shape index (κ2) is 5.71. The van der Waals surface area contributed by atoms with Crippen LogP contribution in [0.15, 0.2) is 17.5 Å². The van der Waals surface area contributed by atoms with E-state index in [9.17, 15) is 4.79 Å². The third kappa shape index (κ3) is 3.88. The quantitative estimate of drug-likeness (QED) is 0.781. The van der Waals surface area contributed by atoms with Crippen LogP contribution in [-0.2, 0) is 4.79 Å². The standard InChI is InChI=1S/C12H17NOS/c1-4-10(3)13-12(14)6-5-11-9(2)7-8-15-11/h5-8,10H,4H2,1-3H3,(H,13,14)/b6-5+/t10-/m1/s1. The number of nitrogens with one attached hydrogen (secondary N) is 1. The maximum Gasteiger partial charge on any atom is 0.244 e. The van der Waals surface area contributed by atoms with E-state index in [0.717, 1.165) is 11.3 Å². The number of thiophene rings is 1. The van der Waals surface area contributed by atoms with Crippen molar-refractivity contribution in [3.05, 3.63) is 28.0 Å². The van der Waals surface area contributed by atoms with Crippen molar-refractivity contribution in [1.82, 2.24) is 5.32 Å². The summed E-state index contributed by atoms with van der Waals surface area (Å²) in [5.74, 6) is -0.0165. The number of carbonyl (C=O) groups excluding carboxylic acids is 1. The minimum Gasteiger partial charge on any atom is -0.350 e. The Balaban J connectivity index is 2.51. The summed E-state index contributed by atoms with van der Waals surface area (Å²) in [7, 11) is 0. The fourth-order valence-corrected chi connectivity index (χ4v) is 1.92. The molecular formula is C12H17NOS. The number of hydrogen-bond acceptors (Lipinski definition) is 2. The Morgan fingerprint density at radius 1 is 1.67 bits per heavy atom. The number of rotatable bonds is 4. The van der Waals surface area contributed by atoms with Crippen LogP contribution in [-0.4, -0.2) is 11.9 Å². The predicted octanol–water partition coefficient (Wildman–Crippen LogP) is 2.98. The lowest BCUT2D eigenvalue weighted by Gasteiger charge is -2.08. The highest BCUT2D eigenvalue weighted by molar-refractivity contribution is 7.11. The highest BCUT2D eigenvalue weighted by Crippen LogP contribution is 2.16. The van der Waals surface area contributed by atoms with Gasteiger partial charge in [0.1, 0.15) is 0 Å². The Morgan fingerprint density at radius 3 is 2.93 bits per heavy atom. The van der Waals surface area contributed by atoms with Crippen LogP contribution in [0.25, 0.3) is 6.08 Å². The zero-order chi connectivity index (χ0) is 11.3. The van der Waals surface area contributed by atoms with Crippen molar-refractivity contribution in [2.75, 3.05) is 0 Å². The van der Waals surface area contributed by atoms with E-state index >= 15 is 0 Å². The molecule has 0 aromatic carbocycles. The summed E-state index contributed by atoms with van der Waals surface area (Å²) in [5, 5.41) is 4.92. The Kier molecular flexibility index (Phi) is 4.56. The molecule has 15 heavy (non-hydrogen) atoms. The molecule has 1 N–H and O–H groups in total. The van der Waals surface area contributed by atoms with E-state index in [1.807, 2.05) is 25.3 Å². The SMILES string of the molecule is CC[C@@H](C)NC(=O)/C=C/c1sccc1C. The molecule has 1 atom stereocenters. The van der Waals surface area contributed by atoms with Crippen LogP contribution in [0, 0.1) is 6.92 Å². The first kappa shape index (κ1) is 12.0. The zero-order valence-electron chi connectivity index (χ0n) is 9.41. The number of hydrogen-bond donors (Lipinski definition) is 1. The predicted molar refractivity (Wildman–Crippen MR) is 66.0 cm³/mol. The highest BCUT2D eigenvalue weighted by Gasteiger charge is 2.01. The van der Waals surface area contributed by atoms with Crippen molar-refractivity contribution >= 4 is 23.3 Å². The van der Waals surface area contributed by atoms with Crippen LogP contribution in [0.2, 0.25) is 0 Å². The van der Waals surface area contributed by atoms with Crippen LogP contribution in [0.5, 0.6) is 0 Å². The van der Waals surface area contributed by atoms with Gasteiger partial charge >= 0.3 is 0 Å². The first-order chi connectivity index (χ1) is 7.13. The normalized spacial score (nSPS) is 13.0. The summed E-state index contributed by atoms with van der Waals surface area (Å²) in [5.41, 5.74) is 1.22. The number of aryl methyl sites for hydroxylation is 1. The lowest BCUT2D eigenvalue weighted by molar-refractivity contribution is -0.117. The highest BCUT2D eigenvalue weighted by atomic mass is 32.1. The van der Waals surface area contributed by atoms with E-state index < -0.39 is 0 Å². The van der Waals surface area contributed by atoms with Gasteiger partial charge in [0, 0.05) is 17.0 Å². The van der Waals surface area contributed by atoms with E-state index in [1.54, 1.807) is 17.4 Å². The molecule has 0 saturated carbocycles. The van der Waals surface area contributed by atoms with Gasteiger partial charge in [-0.1, -0.05) is 6.92 Å². The van der Waals surface area contributed by atoms with Gasteiger partial charge in [-0.3, -0.25) is 4.79 Å². The molecule has 0 unspecified atom stereocenters. The summed E-state index contributed by atoms with van der Waals surface area (Å²) in [4.78, 5) is 12.6. The number of carbonyl (C=O) groups is 1. The molecule has 1 amide bonds. The lowest BCUT2D eigenvalue weighted by atomic mass is 10.2. The molecule has 0 aliphatic rings. The second-order valence-electron chi connectivity index (χ2n) is 3.62. The Hall–Kier alpha value is -1.09. The van der Waals surface area contributed by atoms with Crippen molar-refractivity contribution in [2.24, 2.45) is 0 Å². The molecule has 0 saturated heterocycles. The van der Waals surface area contributed by atoms with E-state index in [0.29, 0.717) is 0 Å². The van der Waals surface area contributed by atoms with Gasteiger partial charge in [0.15, 0.2) is 0 Å².